The molecule has 8 nitrogen and oxygen atoms in total. The Balaban J connectivity index is 2.07. The normalized spacial score (nSPS) is 16.3. The van der Waals surface area contributed by atoms with E-state index in [4.69, 9.17) is 21.7 Å². The van der Waals surface area contributed by atoms with Crippen LogP contribution in [0.3, 0.4) is 0 Å². The fourth-order valence-electron chi connectivity index (χ4n) is 2.79. The first-order chi connectivity index (χ1) is 14.3. The van der Waals surface area contributed by atoms with Crippen molar-refractivity contribution >= 4 is 46.9 Å². The molecular weight excluding hydrogens is 408 g/mol. The predicted molar refractivity (Wildman–Crippen MR) is 113 cm³/mol. The number of thiocarbonyl (C=S) groups is 1. The average molecular weight is 426 g/mol. The maximum atomic E-state index is 13.1. The number of para-hydroxylation sites is 2. The van der Waals surface area contributed by atoms with Gasteiger partial charge in [0.25, 0.3) is 11.8 Å². The fraction of sp³-hybridized carbons (Fsp3) is 0.143. The van der Waals surface area contributed by atoms with E-state index >= 15 is 0 Å². The molecule has 1 heterocycles. The molecule has 1 atom stereocenters. The second kappa shape index (κ2) is 8.75. The van der Waals surface area contributed by atoms with E-state index in [0.29, 0.717) is 11.3 Å². The molecule has 0 spiro atoms. The first kappa shape index (κ1) is 21.0. The third-order valence-electron chi connectivity index (χ3n) is 4.29. The van der Waals surface area contributed by atoms with Crippen LogP contribution in [0.15, 0.2) is 54.1 Å². The molecular formula is C21H18N2O6S. The minimum absolute atomic E-state index is 0.0324. The molecule has 0 unspecified atom stereocenters. The van der Waals surface area contributed by atoms with E-state index in [1.54, 1.807) is 48.5 Å². The van der Waals surface area contributed by atoms with Crippen molar-refractivity contribution < 1.29 is 29.0 Å². The number of amides is 2. The monoisotopic (exact) mass is 426 g/mol. The molecule has 0 aromatic heterocycles. The number of rotatable bonds is 6. The highest BCUT2D eigenvalue weighted by Crippen LogP contribution is 2.34. The largest absolute Gasteiger partial charge is 0.493 e. The van der Waals surface area contributed by atoms with Gasteiger partial charge >= 0.3 is 5.97 Å². The van der Waals surface area contributed by atoms with E-state index in [9.17, 15) is 19.5 Å². The number of nitrogens with one attached hydrogen (secondary N) is 1. The summed E-state index contributed by atoms with van der Waals surface area (Å²) in [6.07, 6.45) is 0.143. The SMILES string of the molecule is COc1cccc(/C=C2\C(=O)NC(=S)N(c3ccccc3)C2=O)c1O[C@@H](C)C(=O)O. The molecule has 154 valence electrons. The van der Waals surface area contributed by atoms with Gasteiger partial charge in [0.1, 0.15) is 5.57 Å². The summed E-state index contributed by atoms with van der Waals surface area (Å²) in [5, 5.41) is 11.6. The Bertz CT molecular complexity index is 1050. The maximum Gasteiger partial charge on any atom is 0.344 e. The van der Waals surface area contributed by atoms with E-state index in [-0.39, 0.29) is 22.2 Å². The molecule has 0 radical (unpaired) electrons. The number of nitrogens with zero attached hydrogens (tertiary/aromatic N) is 1. The third-order valence-corrected chi connectivity index (χ3v) is 4.57. The van der Waals surface area contributed by atoms with Crippen LogP contribution in [0, 0.1) is 0 Å². The fourth-order valence-corrected chi connectivity index (χ4v) is 3.07. The molecule has 0 bridgehead atoms. The van der Waals surface area contributed by atoms with Gasteiger partial charge < -0.3 is 14.6 Å². The topological polar surface area (TPSA) is 105 Å². The first-order valence-corrected chi connectivity index (χ1v) is 9.27. The predicted octanol–water partition coefficient (Wildman–Crippen LogP) is 2.38. The minimum Gasteiger partial charge on any atom is -0.493 e. The number of carboxylic acids is 1. The Kier molecular flexibility index (Phi) is 6.12. The van der Waals surface area contributed by atoms with Crippen molar-refractivity contribution in [2.24, 2.45) is 0 Å². The molecule has 1 aliphatic rings. The van der Waals surface area contributed by atoms with Crippen LogP contribution >= 0.6 is 12.2 Å². The van der Waals surface area contributed by atoms with Gasteiger partial charge in [-0.1, -0.05) is 30.3 Å². The van der Waals surface area contributed by atoms with Gasteiger partial charge in [0, 0.05) is 5.56 Å². The van der Waals surface area contributed by atoms with Gasteiger partial charge in [-0.25, -0.2) is 4.79 Å². The van der Waals surface area contributed by atoms with Crippen LogP contribution in [-0.4, -0.2) is 41.2 Å². The number of anilines is 1. The number of hydrogen-bond acceptors (Lipinski definition) is 6. The lowest BCUT2D eigenvalue weighted by Crippen LogP contribution is -2.54. The summed E-state index contributed by atoms with van der Waals surface area (Å²) in [6.45, 7) is 1.36. The molecule has 0 saturated carbocycles. The van der Waals surface area contributed by atoms with Crippen molar-refractivity contribution in [2.45, 2.75) is 13.0 Å². The molecule has 2 aromatic rings. The molecule has 1 fully saturated rings. The highest BCUT2D eigenvalue weighted by Gasteiger charge is 2.34. The van der Waals surface area contributed by atoms with Crippen LogP contribution in [0.5, 0.6) is 11.5 Å². The van der Waals surface area contributed by atoms with Gasteiger partial charge in [0.15, 0.2) is 22.7 Å². The molecule has 2 amide bonds. The summed E-state index contributed by atoms with van der Waals surface area (Å²) in [6, 6.07) is 13.5. The molecule has 1 aliphatic heterocycles. The average Bonchev–Trinajstić information content (AvgIpc) is 2.72. The lowest BCUT2D eigenvalue weighted by atomic mass is 10.1. The zero-order valence-corrected chi connectivity index (χ0v) is 16.9. The number of carbonyl (C=O) groups excluding carboxylic acids is 2. The lowest BCUT2D eigenvalue weighted by Gasteiger charge is -2.29. The van der Waals surface area contributed by atoms with Crippen LogP contribution in [0.2, 0.25) is 0 Å². The summed E-state index contributed by atoms with van der Waals surface area (Å²) in [5.74, 6) is -2.10. The van der Waals surface area contributed by atoms with Gasteiger partial charge in [-0.05, 0) is 43.4 Å². The van der Waals surface area contributed by atoms with E-state index in [1.165, 1.54) is 25.0 Å². The second-order valence-corrected chi connectivity index (χ2v) is 6.66. The summed E-state index contributed by atoms with van der Waals surface area (Å²) < 4.78 is 10.8. The van der Waals surface area contributed by atoms with Crippen LogP contribution in [-0.2, 0) is 14.4 Å². The molecule has 0 aliphatic carbocycles. The summed E-state index contributed by atoms with van der Waals surface area (Å²) in [7, 11) is 1.40. The number of aliphatic carboxylic acids is 1. The van der Waals surface area contributed by atoms with E-state index in [0.717, 1.165) is 0 Å². The maximum absolute atomic E-state index is 13.1. The molecule has 9 heteroatoms. The van der Waals surface area contributed by atoms with Gasteiger partial charge in [0.05, 0.1) is 12.8 Å². The van der Waals surface area contributed by atoms with Crippen molar-refractivity contribution in [3.63, 3.8) is 0 Å². The number of hydrogen-bond donors (Lipinski definition) is 2. The highest BCUT2D eigenvalue weighted by molar-refractivity contribution is 7.80. The molecule has 30 heavy (non-hydrogen) atoms. The molecule has 2 aromatic carbocycles. The van der Waals surface area contributed by atoms with Crippen molar-refractivity contribution in [1.82, 2.24) is 5.32 Å². The molecule has 1 saturated heterocycles. The van der Waals surface area contributed by atoms with Gasteiger partial charge in [-0.3, -0.25) is 19.8 Å². The number of ether oxygens (including phenoxy) is 2. The van der Waals surface area contributed by atoms with Crippen LogP contribution in [0.4, 0.5) is 5.69 Å². The highest BCUT2D eigenvalue weighted by atomic mass is 32.1. The first-order valence-electron chi connectivity index (χ1n) is 8.86. The standard InChI is InChI=1S/C21H18N2O6S/c1-12(20(26)27)29-17-13(7-6-10-16(17)28-2)11-15-18(24)22-21(30)23(19(15)25)14-8-4-3-5-9-14/h3-12H,1-2H3,(H,26,27)(H,22,24,30)/b15-11+/t12-/m0/s1. The third kappa shape index (κ3) is 4.15. The number of carboxylic acid groups (broad SMARTS) is 1. The lowest BCUT2D eigenvalue weighted by molar-refractivity contribution is -0.144. The Morgan fingerprint density at radius 2 is 1.87 bits per heavy atom. The van der Waals surface area contributed by atoms with Gasteiger partial charge in [0.2, 0.25) is 0 Å². The number of methoxy groups -OCH3 is 1. The van der Waals surface area contributed by atoms with Crippen molar-refractivity contribution in [2.75, 3.05) is 12.0 Å². The summed E-state index contributed by atoms with van der Waals surface area (Å²) in [5.41, 5.74) is 0.621. The Labute approximate surface area is 177 Å². The Hall–Kier alpha value is -3.72. The van der Waals surface area contributed by atoms with E-state index in [2.05, 4.69) is 5.32 Å². The second-order valence-electron chi connectivity index (χ2n) is 6.27. The van der Waals surface area contributed by atoms with Gasteiger partial charge in [-0.15, -0.1) is 0 Å². The van der Waals surface area contributed by atoms with Crippen LogP contribution in [0.25, 0.3) is 6.08 Å². The van der Waals surface area contributed by atoms with Crippen molar-refractivity contribution in [3.8, 4) is 11.5 Å². The zero-order chi connectivity index (χ0) is 21.8. The number of benzene rings is 2. The van der Waals surface area contributed by atoms with Crippen LogP contribution in [0.1, 0.15) is 12.5 Å². The van der Waals surface area contributed by atoms with E-state index < -0.39 is 23.9 Å². The number of carbonyl (C=O) groups is 3. The summed E-state index contributed by atoms with van der Waals surface area (Å²) in [4.78, 5) is 38.0. The summed E-state index contributed by atoms with van der Waals surface area (Å²) >= 11 is 5.17. The van der Waals surface area contributed by atoms with Gasteiger partial charge in [-0.2, -0.15) is 0 Å². The smallest absolute Gasteiger partial charge is 0.344 e. The Morgan fingerprint density at radius 1 is 1.17 bits per heavy atom. The minimum atomic E-state index is -1.18. The Morgan fingerprint density at radius 3 is 2.50 bits per heavy atom. The van der Waals surface area contributed by atoms with Crippen molar-refractivity contribution in [3.05, 3.63) is 59.7 Å². The zero-order valence-electron chi connectivity index (χ0n) is 16.1. The van der Waals surface area contributed by atoms with E-state index in [1.807, 2.05) is 0 Å². The van der Waals surface area contributed by atoms with Crippen molar-refractivity contribution in [1.29, 1.82) is 0 Å². The molecule has 2 N–H and O–H groups in total. The quantitative estimate of drug-likeness (QED) is 0.415. The molecule has 3 rings (SSSR count). The van der Waals surface area contributed by atoms with Crippen LogP contribution < -0.4 is 19.7 Å².